The van der Waals surface area contributed by atoms with Gasteiger partial charge in [-0.2, -0.15) is 0 Å². The van der Waals surface area contributed by atoms with E-state index in [9.17, 15) is 12.8 Å². The molecular weight excluding hydrogens is 291 g/mol. The van der Waals surface area contributed by atoms with Gasteiger partial charge in [-0.05, 0) is 24.6 Å². The molecule has 21 heavy (non-hydrogen) atoms. The molecule has 4 nitrogen and oxygen atoms in total. The molecule has 6 heteroatoms. The fourth-order valence-electron chi connectivity index (χ4n) is 2.44. The molecule has 0 amide bonds. The lowest BCUT2D eigenvalue weighted by atomic mass is 10.1. The van der Waals surface area contributed by atoms with Gasteiger partial charge in [-0.3, -0.25) is 4.90 Å². The minimum absolute atomic E-state index is 0.0517. The van der Waals surface area contributed by atoms with Gasteiger partial charge in [0.1, 0.15) is 5.82 Å². The molecule has 2 N–H and O–H groups in total. The smallest absolute Gasteiger partial charge is 0.153 e. The Balaban J connectivity index is 2.20. The quantitative estimate of drug-likeness (QED) is 0.819. The van der Waals surface area contributed by atoms with Crippen molar-refractivity contribution < 1.29 is 12.8 Å². The highest BCUT2D eigenvalue weighted by Gasteiger charge is 2.28. The second kappa shape index (κ2) is 6.56. The highest BCUT2D eigenvalue weighted by atomic mass is 32.2. The van der Waals surface area contributed by atoms with Crippen LogP contribution in [0, 0.1) is 17.7 Å². The van der Waals surface area contributed by atoms with E-state index in [1.807, 2.05) is 6.92 Å². The second-order valence-corrected chi connectivity index (χ2v) is 7.47. The standard InChI is InChI=1S/C15H19FN2O2S/c1-12-11-21(19,20)8-7-18(12)10-14-4-5-15(16)9-13(14)3-2-6-17/h4-5,9,12H,6-8,10-11,17H2,1H3. The van der Waals surface area contributed by atoms with Crippen LogP contribution in [0.5, 0.6) is 0 Å². The Kier molecular flexibility index (Phi) is 4.99. The molecule has 114 valence electrons. The Bertz CT molecular complexity index is 677. The van der Waals surface area contributed by atoms with Gasteiger partial charge in [-0.15, -0.1) is 0 Å². The van der Waals surface area contributed by atoms with Crippen LogP contribution in [0.3, 0.4) is 0 Å². The van der Waals surface area contributed by atoms with Crippen LogP contribution >= 0.6 is 0 Å². The maximum Gasteiger partial charge on any atom is 0.153 e. The van der Waals surface area contributed by atoms with Gasteiger partial charge in [0.2, 0.25) is 0 Å². The number of hydrogen-bond acceptors (Lipinski definition) is 4. The lowest BCUT2D eigenvalue weighted by Crippen LogP contribution is -2.46. The van der Waals surface area contributed by atoms with Gasteiger partial charge in [0.05, 0.1) is 18.1 Å². The van der Waals surface area contributed by atoms with Crippen molar-refractivity contribution >= 4 is 9.84 Å². The van der Waals surface area contributed by atoms with E-state index in [4.69, 9.17) is 5.73 Å². The van der Waals surface area contributed by atoms with Crippen LogP contribution in [-0.4, -0.2) is 44.0 Å². The van der Waals surface area contributed by atoms with Crippen LogP contribution in [0.1, 0.15) is 18.1 Å². The van der Waals surface area contributed by atoms with Gasteiger partial charge in [-0.1, -0.05) is 17.9 Å². The summed E-state index contributed by atoms with van der Waals surface area (Å²) in [5.41, 5.74) is 6.86. The maximum atomic E-state index is 13.3. The number of halogens is 1. The van der Waals surface area contributed by atoms with Crippen molar-refractivity contribution in [3.8, 4) is 11.8 Å². The summed E-state index contributed by atoms with van der Waals surface area (Å²) in [6.45, 7) is 3.16. The van der Waals surface area contributed by atoms with Crippen LogP contribution < -0.4 is 5.73 Å². The Hall–Kier alpha value is -1.42. The highest BCUT2D eigenvalue weighted by Crippen LogP contribution is 2.18. The van der Waals surface area contributed by atoms with E-state index in [-0.39, 0.29) is 29.9 Å². The van der Waals surface area contributed by atoms with E-state index >= 15 is 0 Å². The van der Waals surface area contributed by atoms with E-state index < -0.39 is 9.84 Å². The van der Waals surface area contributed by atoms with Crippen LogP contribution in [0.2, 0.25) is 0 Å². The minimum Gasteiger partial charge on any atom is -0.320 e. The van der Waals surface area contributed by atoms with E-state index in [1.54, 1.807) is 6.07 Å². The van der Waals surface area contributed by atoms with Crippen LogP contribution in [0.4, 0.5) is 4.39 Å². The summed E-state index contributed by atoms with van der Waals surface area (Å²) in [4.78, 5) is 2.09. The summed E-state index contributed by atoms with van der Waals surface area (Å²) in [7, 11) is -2.93. The number of nitrogens with zero attached hydrogens (tertiary/aromatic N) is 1. The largest absolute Gasteiger partial charge is 0.320 e. The maximum absolute atomic E-state index is 13.3. The molecule has 0 aliphatic carbocycles. The van der Waals surface area contributed by atoms with Gasteiger partial charge in [0, 0.05) is 24.7 Å². The molecule has 1 aliphatic heterocycles. The Labute approximate surface area is 125 Å². The van der Waals surface area contributed by atoms with Crippen LogP contribution in [0.25, 0.3) is 0 Å². The second-order valence-electron chi connectivity index (χ2n) is 5.24. The van der Waals surface area contributed by atoms with Gasteiger partial charge in [-0.25, -0.2) is 12.8 Å². The SMILES string of the molecule is CC1CS(=O)(=O)CCN1Cc1ccc(F)cc1C#CCN. The number of sulfone groups is 1. The minimum atomic E-state index is -2.93. The van der Waals surface area contributed by atoms with Crippen molar-refractivity contribution in [2.75, 3.05) is 24.6 Å². The molecule has 0 radical (unpaired) electrons. The first-order valence-corrected chi connectivity index (χ1v) is 8.65. The lowest BCUT2D eigenvalue weighted by Gasteiger charge is -2.33. The third-order valence-corrected chi connectivity index (χ3v) is 5.37. The Morgan fingerprint density at radius 1 is 1.48 bits per heavy atom. The summed E-state index contributed by atoms with van der Waals surface area (Å²) in [6.07, 6.45) is 0. The Morgan fingerprint density at radius 2 is 2.24 bits per heavy atom. The third-order valence-electron chi connectivity index (χ3n) is 3.58. The molecule has 1 heterocycles. The number of hydrogen-bond donors (Lipinski definition) is 1. The number of nitrogens with two attached hydrogens (primary N) is 1. The fraction of sp³-hybridized carbons (Fsp3) is 0.467. The molecule has 1 saturated heterocycles. The molecule has 1 fully saturated rings. The van der Waals surface area contributed by atoms with Crippen molar-refractivity contribution in [1.82, 2.24) is 4.90 Å². The summed E-state index contributed by atoms with van der Waals surface area (Å²) in [6, 6.07) is 4.44. The zero-order valence-corrected chi connectivity index (χ0v) is 12.8. The van der Waals surface area contributed by atoms with Gasteiger partial charge in [0.25, 0.3) is 0 Å². The van der Waals surface area contributed by atoms with E-state index in [1.165, 1.54) is 12.1 Å². The molecule has 0 spiro atoms. The predicted octanol–water partition coefficient (Wildman–Crippen LogP) is 0.755. The first kappa shape index (κ1) is 16.0. The molecule has 1 aromatic rings. The highest BCUT2D eigenvalue weighted by molar-refractivity contribution is 7.91. The van der Waals surface area contributed by atoms with Crippen molar-refractivity contribution in [1.29, 1.82) is 0 Å². The summed E-state index contributed by atoms with van der Waals surface area (Å²) in [5, 5.41) is 0. The van der Waals surface area contributed by atoms with Crippen molar-refractivity contribution in [2.45, 2.75) is 19.5 Å². The lowest BCUT2D eigenvalue weighted by molar-refractivity contribution is 0.218. The molecule has 1 unspecified atom stereocenters. The van der Waals surface area contributed by atoms with Crippen LogP contribution in [0.15, 0.2) is 18.2 Å². The predicted molar refractivity (Wildman–Crippen MR) is 80.9 cm³/mol. The zero-order chi connectivity index (χ0) is 15.5. The normalized spacial score (nSPS) is 21.6. The van der Waals surface area contributed by atoms with Crippen molar-refractivity contribution in [2.24, 2.45) is 5.73 Å². The average Bonchev–Trinajstić information content (AvgIpc) is 2.41. The molecule has 0 aromatic heterocycles. The first-order chi connectivity index (χ1) is 9.91. The summed E-state index contributed by atoms with van der Waals surface area (Å²) < 4.78 is 36.5. The molecule has 0 bridgehead atoms. The monoisotopic (exact) mass is 310 g/mol. The van der Waals surface area contributed by atoms with Gasteiger partial charge >= 0.3 is 0 Å². The molecular formula is C15H19FN2O2S. The summed E-state index contributed by atoms with van der Waals surface area (Å²) in [5.74, 6) is 5.60. The van der Waals surface area contributed by atoms with Crippen molar-refractivity contribution in [3.05, 3.63) is 35.1 Å². The molecule has 1 atom stereocenters. The Morgan fingerprint density at radius 3 is 2.90 bits per heavy atom. The van der Waals surface area contributed by atoms with Crippen molar-refractivity contribution in [3.63, 3.8) is 0 Å². The summed E-state index contributed by atoms with van der Waals surface area (Å²) >= 11 is 0. The van der Waals surface area contributed by atoms with E-state index in [0.717, 1.165) is 5.56 Å². The van der Waals surface area contributed by atoms with E-state index in [0.29, 0.717) is 18.7 Å². The number of rotatable bonds is 2. The van der Waals surface area contributed by atoms with E-state index in [2.05, 4.69) is 16.7 Å². The zero-order valence-electron chi connectivity index (χ0n) is 12.0. The molecule has 1 aromatic carbocycles. The molecule has 1 aliphatic rings. The third kappa shape index (κ3) is 4.27. The topological polar surface area (TPSA) is 63.4 Å². The number of benzene rings is 1. The van der Waals surface area contributed by atoms with Gasteiger partial charge < -0.3 is 5.73 Å². The first-order valence-electron chi connectivity index (χ1n) is 6.83. The van der Waals surface area contributed by atoms with Crippen LogP contribution in [-0.2, 0) is 16.4 Å². The average molecular weight is 310 g/mol. The molecule has 0 saturated carbocycles. The molecule has 2 rings (SSSR count). The fourth-order valence-corrected chi connectivity index (χ4v) is 4.06. The van der Waals surface area contributed by atoms with Gasteiger partial charge in [0.15, 0.2) is 9.84 Å².